The molecule has 142 valence electrons. The van der Waals surface area contributed by atoms with Gasteiger partial charge in [-0.2, -0.15) is 0 Å². The largest absolute Gasteiger partial charge is 0.491 e. The average Bonchev–Trinajstić information content (AvgIpc) is 2.49. The Morgan fingerprint density at radius 3 is 2.16 bits per heavy atom. The van der Waals surface area contributed by atoms with Crippen molar-refractivity contribution in [1.82, 2.24) is 5.32 Å². The number of benzene rings is 1. The molecular weight excluding hydrogens is 326 g/mol. The summed E-state index contributed by atoms with van der Waals surface area (Å²) in [5.41, 5.74) is 2.54. The van der Waals surface area contributed by atoms with Crippen LogP contribution in [0, 0.1) is 13.8 Å². The van der Waals surface area contributed by atoms with Crippen molar-refractivity contribution in [1.29, 1.82) is 0 Å². The first-order valence-corrected chi connectivity index (χ1v) is 8.02. The topological polar surface area (TPSA) is 105 Å². The first kappa shape index (κ1) is 22.9. The molecule has 0 amide bonds. The Morgan fingerprint density at radius 2 is 1.64 bits per heavy atom. The van der Waals surface area contributed by atoms with Crippen LogP contribution in [0.5, 0.6) is 5.75 Å². The zero-order valence-corrected chi connectivity index (χ0v) is 15.6. The highest BCUT2D eigenvalue weighted by atomic mass is 16.5. The molecule has 0 aliphatic heterocycles. The summed E-state index contributed by atoms with van der Waals surface area (Å²) in [5.74, 6) is -2.69. The van der Waals surface area contributed by atoms with E-state index >= 15 is 0 Å². The van der Waals surface area contributed by atoms with E-state index in [4.69, 9.17) is 29.3 Å². The van der Waals surface area contributed by atoms with Gasteiger partial charge in [0, 0.05) is 12.1 Å². The lowest BCUT2D eigenvalue weighted by Gasteiger charge is -2.20. The molecule has 7 heteroatoms. The third kappa shape index (κ3) is 12.9. The van der Waals surface area contributed by atoms with E-state index in [1.165, 1.54) is 11.1 Å². The molecule has 0 aliphatic rings. The summed E-state index contributed by atoms with van der Waals surface area (Å²) in [6.45, 7) is 13.4. The van der Waals surface area contributed by atoms with Crippen molar-refractivity contribution in [3.05, 3.63) is 29.3 Å². The van der Waals surface area contributed by atoms with Gasteiger partial charge in [0.15, 0.2) is 0 Å². The average molecular weight is 355 g/mol. The van der Waals surface area contributed by atoms with E-state index in [2.05, 4.69) is 58.1 Å². The Balaban J connectivity index is 0.000000823. The lowest BCUT2D eigenvalue weighted by Crippen LogP contribution is -2.38. The second kappa shape index (κ2) is 11.4. The summed E-state index contributed by atoms with van der Waals surface area (Å²) in [4.78, 5) is 18.2. The third-order valence-corrected chi connectivity index (χ3v) is 2.91. The number of nitrogens with one attached hydrogen (secondary N) is 1. The smallest absolute Gasteiger partial charge is 0.414 e. The first-order chi connectivity index (χ1) is 11.5. The van der Waals surface area contributed by atoms with E-state index in [1.807, 2.05) is 0 Å². The second-order valence-electron chi connectivity index (χ2n) is 6.52. The van der Waals surface area contributed by atoms with Crippen molar-refractivity contribution >= 4 is 11.9 Å². The highest BCUT2D eigenvalue weighted by Crippen LogP contribution is 2.18. The van der Waals surface area contributed by atoms with Crippen LogP contribution in [0.25, 0.3) is 0 Å². The van der Waals surface area contributed by atoms with Gasteiger partial charge in [-0.1, -0.05) is 12.1 Å². The predicted octanol–water partition coefficient (Wildman–Crippen LogP) is 2.24. The van der Waals surface area contributed by atoms with Crippen molar-refractivity contribution in [2.24, 2.45) is 0 Å². The standard InChI is InChI=1S/C16H27NO2.C2H2O4/c1-13-6-7-14(2)15(12-13)19-11-10-18-9-8-17-16(3,4)5;3-1(4)2(5)6/h6-7,12,17H,8-11H2,1-5H3;(H,3,4)(H,5,6). The van der Waals surface area contributed by atoms with Crippen molar-refractivity contribution < 1.29 is 29.3 Å². The molecule has 0 aliphatic carbocycles. The molecule has 7 nitrogen and oxygen atoms in total. The molecular formula is C18H29NO6. The van der Waals surface area contributed by atoms with Crippen LogP contribution in [0.4, 0.5) is 0 Å². The molecule has 0 saturated carbocycles. The van der Waals surface area contributed by atoms with Gasteiger partial charge in [0.25, 0.3) is 0 Å². The predicted molar refractivity (Wildman–Crippen MR) is 95.3 cm³/mol. The van der Waals surface area contributed by atoms with Crippen LogP contribution in [0.2, 0.25) is 0 Å². The van der Waals surface area contributed by atoms with Crippen LogP contribution in [0.15, 0.2) is 18.2 Å². The van der Waals surface area contributed by atoms with E-state index in [-0.39, 0.29) is 5.54 Å². The Kier molecular flexibility index (Phi) is 10.5. The normalized spacial score (nSPS) is 10.6. The van der Waals surface area contributed by atoms with Gasteiger partial charge < -0.3 is 25.0 Å². The minimum absolute atomic E-state index is 0.151. The SMILES string of the molecule is Cc1ccc(C)c(OCCOCCNC(C)(C)C)c1.O=C(O)C(=O)O. The summed E-state index contributed by atoms with van der Waals surface area (Å²) < 4.78 is 11.3. The molecule has 0 saturated heterocycles. The Labute approximate surface area is 149 Å². The number of hydrogen-bond acceptors (Lipinski definition) is 5. The van der Waals surface area contributed by atoms with E-state index in [9.17, 15) is 0 Å². The number of carbonyl (C=O) groups is 2. The quantitative estimate of drug-likeness (QED) is 0.509. The number of ether oxygens (including phenoxy) is 2. The summed E-state index contributed by atoms with van der Waals surface area (Å²) in [6, 6.07) is 6.24. The number of rotatable bonds is 7. The first-order valence-electron chi connectivity index (χ1n) is 8.02. The number of carboxylic acid groups (broad SMARTS) is 2. The van der Waals surface area contributed by atoms with Crippen LogP contribution < -0.4 is 10.1 Å². The monoisotopic (exact) mass is 355 g/mol. The molecule has 0 spiro atoms. The third-order valence-electron chi connectivity index (χ3n) is 2.91. The molecule has 0 atom stereocenters. The van der Waals surface area contributed by atoms with E-state index in [0.717, 1.165) is 12.3 Å². The van der Waals surface area contributed by atoms with Gasteiger partial charge in [0.05, 0.1) is 13.2 Å². The van der Waals surface area contributed by atoms with Crippen molar-refractivity contribution in [3.63, 3.8) is 0 Å². The summed E-state index contributed by atoms with van der Waals surface area (Å²) >= 11 is 0. The van der Waals surface area contributed by atoms with Crippen LogP contribution >= 0.6 is 0 Å². The zero-order valence-electron chi connectivity index (χ0n) is 15.6. The fourth-order valence-electron chi connectivity index (χ4n) is 1.67. The molecule has 1 aromatic carbocycles. The minimum atomic E-state index is -1.82. The molecule has 0 fully saturated rings. The lowest BCUT2D eigenvalue weighted by molar-refractivity contribution is -0.159. The molecule has 0 bridgehead atoms. The molecule has 0 unspecified atom stereocenters. The zero-order chi connectivity index (χ0) is 19.5. The number of hydrogen-bond donors (Lipinski definition) is 3. The number of carboxylic acids is 2. The number of aliphatic carboxylic acids is 2. The maximum atomic E-state index is 9.10. The maximum Gasteiger partial charge on any atom is 0.414 e. The van der Waals surface area contributed by atoms with E-state index in [0.29, 0.717) is 19.8 Å². The maximum absolute atomic E-state index is 9.10. The summed E-state index contributed by atoms with van der Waals surface area (Å²) in [7, 11) is 0. The molecule has 0 heterocycles. The summed E-state index contributed by atoms with van der Waals surface area (Å²) in [6.07, 6.45) is 0. The Bertz CT molecular complexity index is 539. The van der Waals surface area contributed by atoms with Gasteiger partial charge in [0.1, 0.15) is 12.4 Å². The van der Waals surface area contributed by atoms with Crippen molar-refractivity contribution in [3.8, 4) is 5.75 Å². The highest BCUT2D eigenvalue weighted by molar-refractivity contribution is 6.27. The Morgan fingerprint density at radius 1 is 1.04 bits per heavy atom. The van der Waals surface area contributed by atoms with E-state index in [1.54, 1.807) is 0 Å². The molecule has 0 radical (unpaired) electrons. The van der Waals surface area contributed by atoms with Gasteiger partial charge in [0.2, 0.25) is 0 Å². The Hall–Kier alpha value is -2.12. The number of aryl methyl sites for hydroxylation is 2. The van der Waals surface area contributed by atoms with Crippen LogP contribution in [0.3, 0.4) is 0 Å². The van der Waals surface area contributed by atoms with Gasteiger partial charge in [-0.05, 0) is 51.8 Å². The van der Waals surface area contributed by atoms with Crippen molar-refractivity contribution in [2.75, 3.05) is 26.4 Å². The lowest BCUT2D eigenvalue weighted by atomic mass is 10.1. The second-order valence-corrected chi connectivity index (χ2v) is 6.52. The van der Waals surface area contributed by atoms with Crippen LogP contribution in [0.1, 0.15) is 31.9 Å². The van der Waals surface area contributed by atoms with E-state index < -0.39 is 11.9 Å². The summed E-state index contributed by atoms with van der Waals surface area (Å²) in [5, 5.41) is 18.2. The highest BCUT2D eigenvalue weighted by Gasteiger charge is 2.07. The van der Waals surface area contributed by atoms with Crippen LogP contribution in [-0.2, 0) is 14.3 Å². The minimum Gasteiger partial charge on any atom is -0.491 e. The van der Waals surface area contributed by atoms with Gasteiger partial charge in [-0.25, -0.2) is 9.59 Å². The van der Waals surface area contributed by atoms with Gasteiger partial charge in [-0.3, -0.25) is 0 Å². The fraction of sp³-hybridized carbons (Fsp3) is 0.556. The molecule has 3 N–H and O–H groups in total. The molecule has 0 aromatic heterocycles. The van der Waals surface area contributed by atoms with Gasteiger partial charge in [-0.15, -0.1) is 0 Å². The van der Waals surface area contributed by atoms with Crippen LogP contribution in [-0.4, -0.2) is 54.1 Å². The molecule has 1 rings (SSSR count). The fourth-order valence-corrected chi connectivity index (χ4v) is 1.67. The molecule has 25 heavy (non-hydrogen) atoms. The van der Waals surface area contributed by atoms with Gasteiger partial charge >= 0.3 is 11.9 Å². The molecule has 1 aromatic rings. The van der Waals surface area contributed by atoms with Crippen molar-refractivity contribution in [2.45, 2.75) is 40.2 Å².